The summed E-state index contributed by atoms with van der Waals surface area (Å²) in [6.45, 7) is 2.36. The number of nitrogens with one attached hydrogen (secondary N) is 2. The molecule has 1 aliphatic heterocycles. The third-order valence-corrected chi connectivity index (χ3v) is 7.30. The smallest absolute Gasteiger partial charge is 0.243 e. The van der Waals surface area contributed by atoms with Crippen molar-refractivity contribution in [1.82, 2.24) is 19.9 Å². The Morgan fingerprint density at radius 3 is 2.53 bits per heavy atom. The van der Waals surface area contributed by atoms with Gasteiger partial charge >= 0.3 is 0 Å². The van der Waals surface area contributed by atoms with Gasteiger partial charge in [0.15, 0.2) is 0 Å². The van der Waals surface area contributed by atoms with Gasteiger partial charge in [-0.25, -0.2) is 8.42 Å². The van der Waals surface area contributed by atoms with Crippen LogP contribution in [0.15, 0.2) is 53.7 Å². The minimum atomic E-state index is -3.72. The number of amides is 2. The number of aromatic nitrogens is 1. The van der Waals surface area contributed by atoms with Gasteiger partial charge in [0.05, 0.1) is 17.9 Å². The first-order chi connectivity index (χ1) is 15.3. The standard InChI is InChI=1S/C22H28N4O5S/c1-16(21(27)24-14-17-9-11-23-12-10-17)25-22(28)18-4-3-13-26(15-18)32(29,30)20-7-5-19(31-2)6-8-20/h5-12,16,18H,3-4,13-15H2,1-2H3,(H,24,27)(H,25,28)/t16-,18?/m0/s1. The summed E-state index contributed by atoms with van der Waals surface area (Å²) in [6.07, 6.45) is 4.41. The molecule has 1 aromatic carbocycles. The van der Waals surface area contributed by atoms with Crippen molar-refractivity contribution in [3.8, 4) is 5.75 Å². The number of nitrogens with zero attached hydrogens (tertiary/aromatic N) is 2. The number of sulfonamides is 1. The minimum Gasteiger partial charge on any atom is -0.497 e. The molecule has 2 heterocycles. The Labute approximate surface area is 188 Å². The number of ether oxygens (including phenoxy) is 1. The zero-order valence-electron chi connectivity index (χ0n) is 18.2. The Balaban J connectivity index is 1.56. The fourth-order valence-electron chi connectivity index (χ4n) is 3.51. The highest BCUT2D eigenvalue weighted by Crippen LogP contribution is 2.25. The highest BCUT2D eigenvalue weighted by molar-refractivity contribution is 7.89. The molecule has 2 amide bonds. The van der Waals surface area contributed by atoms with E-state index in [0.29, 0.717) is 31.7 Å². The quantitative estimate of drug-likeness (QED) is 0.613. The lowest BCUT2D eigenvalue weighted by molar-refractivity contribution is -0.131. The number of hydrogen-bond donors (Lipinski definition) is 2. The van der Waals surface area contributed by atoms with E-state index < -0.39 is 22.0 Å². The number of pyridine rings is 1. The molecule has 0 spiro atoms. The summed E-state index contributed by atoms with van der Waals surface area (Å²) in [5.41, 5.74) is 0.901. The molecule has 0 bridgehead atoms. The average molecular weight is 461 g/mol. The zero-order chi connectivity index (χ0) is 23.1. The Morgan fingerprint density at radius 1 is 1.19 bits per heavy atom. The summed E-state index contributed by atoms with van der Waals surface area (Å²) in [7, 11) is -2.21. The number of carbonyl (C=O) groups is 2. The molecule has 1 saturated heterocycles. The lowest BCUT2D eigenvalue weighted by atomic mass is 9.98. The van der Waals surface area contributed by atoms with E-state index in [1.54, 1.807) is 43.6 Å². The highest BCUT2D eigenvalue weighted by Gasteiger charge is 2.34. The molecule has 9 nitrogen and oxygen atoms in total. The van der Waals surface area contributed by atoms with Gasteiger partial charge in [-0.1, -0.05) is 0 Å². The molecule has 0 radical (unpaired) electrons. The van der Waals surface area contributed by atoms with Crippen LogP contribution in [-0.2, 0) is 26.2 Å². The summed E-state index contributed by atoms with van der Waals surface area (Å²) >= 11 is 0. The van der Waals surface area contributed by atoms with Crippen LogP contribution in [0, 0.1) is 5.92 Å². The molecule has 1 aliphatic rings. The molecule has 1 unspecified atom stereocenters. The van der Waals surface area contributed by atoms with E-state index in [9.17, 15) is 18.0 Å². The van der Waals surface area contributed by atoms with Crippen molar-refractivity contribution in [3.63, 3.8) is 0 Å². The van der Waals surface area contributed by atoms with Gasteiger partial charge in [-0.3, -0.25) is 14.6 Å². The number of hydrogen-bond acceptors (Lipinski definition) is 6. The van der Waals surface area contributed by atoms with Gasteiger partial charge in [-0.15, -0.1) is 0 Å². The van der Waals surface area contributed by atoms with Gasteiger partial charge in [0.1, 0.15) is 11.8 Å². The van der Waals surface area contributed by atoms with Gasteiger partial charge in [0.25, 0.3) is 0 Å². The molecule has 1 fully saturated rings. The normalized spacial score (nSPS) is 17.9. The predicted molar refractivity (Wildman–Crippen MR) is 118 cm³/mol. The predicted octanol–water partition coefficient (Wildman–Crippen LogP) is 1.31. The van der Waals surface area contributed by atoms with Gasteiger partial charge < -0.3 is 15.4 Å². The Kier molecular flexibility index (Phi) is 7.81. The fourth-order valence-corrected chi connectivity index (χ4v) is 5.04. The summed E-state index contributed by atoms with van der Waals surface area (Å²) in [5, 5.41) is 5.48. The maximum Gasteiger partial charge on any atom is 0.243 e. The van der Waals surface area contributed by atoms with Crippen LogP contribution < -0.4 is 15.4 Å². The molecule has 2 atom stereocenters. The van der Waals surface area contributed by atoms with Crippen LogP contribution in [0.3, 0.4) is 0 Å². The van der Waals surface area contributed by atoms with Crippen LogP contribution in [-0.4, -0.2) is 55.8 Å². The van der Waals surface area contributed by atoms with E-state index in [-0.39, 0.29) is 23.3 Å². The minimum absolute atomic E-state index is 0.0750. The number of piperidine rings is 1. The largest absolute Gasteiger partial charge is 0.497 e. The Bertz CT molecular complexity index is 1030. The molecule has 0 saturated carbocycles. The van der Waals surface area contributed by atoms with Crippen LogP contribution in [0.1, 0.15) is 25.3 Å². The maximum absolute atomic E-state index is 13.0. The third-order valence-electron chi connectivity index (χ3n) is 5.42. The van der Waals surface area contributed by atoms with Gasteiger partial charge in [0.2, 0.25) is 21.8 Å². The second kappa shape index (κ2) is 10.6. The van der Waals surface area contributed by atoms with Crippen molar-refractivity contribution in [2.45, 2.75) is 37.2 Å². The van der Waals surface area contributed by atoms with Crippen LogP contribution in [0.4, 0.5) is 0 Å². The topological polar surface area (TPSA) is 118 Å². The molecule has 2 N–H and O–H groups in total. The number of rotatable bonds is 8. The lowest BCUT2D eigenvalue weighted by Crippen LogP contribution is -2.50. The van der Waals surface area contributed by atoms with Crippen LogP contribution >= 0.6 is 0 Å². The molecule has 32 heavy (non-hydrogen) atoms. The molecule has 172 valence electrons. The average Bonchev–Trinajstić information content (AvgIpc) is 2.83. The van der Waals surface area contributed by atoms with Crippen molar-refractivity contribution in [2.24, 2.45) is 5.92 Å². The van der Waals surface area contributed by atoms with Crippen molar-refractivity contribution in [1.29, 1.82) is 0 Å². The Hall–Kier alpha value is -2.98. The first kappa shape index (κ1) is 23.7. The molecule has 0 aliphatic carbocycles. The van der Waals surface area contributed by atoms with Crippen LogP contribution in [0.25, 0.3) is 0 Å². The first-order valence-electron chi connectivity index (χ1n) is 10.4. The molecule has 10 heteroatoms. The van der Waals surface area contributed by atoms with Crippen LogP contribution in [0.2, 0.25) is 0 Å². The molecular formula is C22H28N4O5S. The first-order valence-corrected chi connectivity index (χ1v) is 11.9. The number of benzene rings is 1. The van der Waals surface area contributed by atoms with E-state index >= 15 is 0 Å². The van der Waals surface area contributed by atoms with Crippen LogP contribution in [0.5, 0.6) is 5.75 Å². The molecule has 1 aromatic heterocycles. The SMILES string of the molecule is COc1ccc(S(=O)(=O)N2CCCC(C(=O)N[C@@H](C)C(=O)NCc3ccncc3)C2)cc1. The number of carbonyl (C=O) groups excluding carboxylic acids is 2. The highest BCUT2D eigenvalue weighted by atomic mass is 32.2. The molecule has 3 rings (SSSR count). The third kappa shape index (κ3) is 5.83. The summed E-state index contributed by atoms with van der Waals surface area (Å²) in [6, 6.07) is 9.02. The fraction of sp³-hybridized carbons (Fsp3) is 0.409. The van der Waals surface area contributed by atoms with E-state index in [2.05, 4.69) is 15.6 Å². The van der Waals surface area contributed by atoms with Crippen molar-refractivity contribution >= 4 is 21.8 Å². The van der Waals surface area contributed by atoms with E-state index in [4.69, 9.17) is 4.74 Å². The van der Waals surface area contributed by atoms with E-state index in [1.807, 2.05) is 0 Å². The van der Waals surface area contributed by atoms with E-state index in [0.717, 1.165) is 5.56 Å². The summed E-state index contributed by atoms with van der Waals surface area (Å²) in [4.78, 5) is 29.2. The van der Waals surface area contributed by atoms with Crippen molar-refractivity contribution < 1.29 is 22.7 Å². The van der Waals surface area contributed by atoms with Gasteiger partial charge in [-0.2, -0.15) is 4.31 Å². The number of methoxy groups -OCH3 is 1. The molecular weight excluding hydrogens is 432 g/mol. The van der Waals surface area contributed by atoms with Crippen molar-refractivity contribution in [3.05, 3.63) is 54.4 Å². The van der Waals surface area contributed by atoms with Crippen molar-refractivity contribution in [2.75, 3.05) is 20.2 Å². The zero-order valence-corrected chi connectivity index (χ0v) is 19.0. The van der Waals surface area contributed by atoms with Gasteiger partial charge in [-0.05, 0) is 61.7 Å². The lowest BCUT2D eigenvalue weighted by Gasteiger charge is -2.31. The van der Waals surface area contributed by atoms with Gasteiger partial charge in [0, 0.05) is 32.0 Å². The molecule has 2 aromatic rings. The monoisotopic (exact) mass is 460 g/mol. The summed E-state index contributed by atoms with van der Waals surface area (Å²) < 4.78 is 32.4. The van der Waals surface area contributed by atoms with E-state index in [1.165, 1.54) is 23.5 Å². The Morgan fingerprint density at radius 2 is 1.88 bits per heavy atom. The second-order valence-corrected chi connectivity index (χ2v) is 9.62. The second-order valence-electron chi connectivity index (χ2n) is 7.68. The summed E-state index contributed by atoms with van der Waals surface area (Å²) in [5.74, 6) is -0.594. The maximum atomic E-state index is 13.0.